The molecule has 2 N–H and O–H groups in total. The van der Waals surface area contributed by atoms with Crippen molar-refractivity contribution in [2.45, 2.75) is 32.4 Å². The molecule has 39 heavy (non-hydrogen) atoms. The minimum Gasteiger partial charge on any atom is -0.478 e. The fraction of sp³-hybridized carbons (Fsp3) is 0.188. The van der Waals surface area contributed by atoms with Crippen LogP contribution in [0.25, 0.3) is 11.1 Å². The molecule has 0 spiro atoms. The van der Waals surface area contributed by atoms with E-state index in [0.717, 1.165) is 41.8 Å². The number of hydrogen-bond acceptors (Lipinski definition) is 3. The van der Waals surface area contributed by atoms with E-state index < -0.39 is 23.6 Å². The van der Waals surface area contributed by atoms with Crippen LogP contribution in [0.4, 0.5) is 14.5 Å². The molecule has 0 bridgehead atoms. The Balaban J connectivity index is 1.30. The first-order valence-corrected chi connectivity index (χ1v) is 12.9. The lowest BCUT2D eigenvalue weighted by atomic mass is 9.97. The monoisotopic (exact) mass is 526 g/mol. The molecular weight excluding hydrogens is 498 g/mol. The largest absolute Gasteiger partial charge is 0.478 e. The van der Waals surface area contributed by atoms with E-state index in [1.165, 1.54) is 18.2 Å². The smallest absolute Gasteiger partial charge is 0.336 e. The molecule has 1 amide bonds. The molecule has 4 aromatic carbocycles. The van der Waals surface area contributed by atoms with Crippen LogP contribution in [0.2, 0.25) is 0 Å². The molecule has 0 aromatic heterocycles. The highest BCUT2D eigenvalue weighted by Crippen LogP contribution is 2.31. The standard InChI is InChI=1S/C32H28F2N2O3/c1-20(30-27(33)9-4-10-28(30)34)35-31(37)24-15-16-29-23(18-24)6-5-17-36(29)19-21-11-13-22(14-12-21)25-7-2-3-8-26(25)32(38)39/h2-4,7-16,18,20H,5-6,17,19H2,1H3,(H,35,37)(H,38,39). The highest BCUT2D eigenvalue weighted by molar-refractivity contribution is 5.96. The minimum absolute atomic E-state index is 0.160. The first kappa shape index (κ1) is 26.1. The van der Waals surface area contributed by atoms with Gasteiger partial charge in [-0.2, -0.15) is 0 Å². The van der Waals surface area contributed by atoms with E-state index in [1.54, 1.807) is 31.2 Å². The van der Waals surface area contributed by atoms with Crippen LogP contribution in [0.3, 0.4) is 0 Å². The maximum atomic E-state index is 14.1. The SMILES string of the molecule is CC(NC(=O)c1ccc2c(c1)CCCN2Cc1ccc(-c2ccccc2C(=O)O)cc1)c1c(F)cccc1F. The molecule has 1 aliphatic rings. The van der Waals surface area contributed by atoms with Gasteiger partial charge in [0, 0.05) is 29.9 Å². The Bertz CT molecular complexity index is 1510. The number of anilines is 1. The second-order valence-corrected chi connectivity index (χ2v) is 9.75. The Morgan fingerprint density at radius 1 is 0.949 bits per heavy atom. The first-order chi connectivity index (χ1) is 18.8. The summed E-state index contributed by atoms with van der Waals surface area (Å²) < 4.78 is 28.3. The number of carboxylic acid groups (broad SMARTS) is 1. The van der Waals surface area contributed by atoms with Gasteiger partial charge in [0.2, 0.25) is 0 Å². The lowest BCUT2D eigenvalue weighted by molar-refractivity contribution is 0.0697. The number of carboxylic acids is 1. The molecule has 0 radical (unpaired) electrons. The van der Waals surface area contributed by atoms with Crippen molar-refractivity contribution in [3.8, 4) is 11.1 Å². The number of aromatic carboxylic acids is 1. The number of carbonyl (C=O) groups excluding carboxylic acids is 1. The van der Waals surface area contributed by atoms with E-state index in [-0.39, 0.29) is 17.0 Å². The third-order valence-electron chi connectivity index (χ3n) is 7.13. The molecule has 5 rings (SSSR count). The minimum atomic E-state index is -0.957. The van der Waals surface area contributed by atoms with E-state index in [2.05, 4.69) is 10.2 Å². The number of rotatable bonds is 7. The summed E-state index contributed by atoms with van der Waals surface area (Å²) in [6, 6.07) is 23.2. The van der Waals surface area contributed by atoms with E-state index >= 15 is 0 Å². The number of benzene rings is 4. The Morgan fingerprint density at radius 3 is 2.38 bits per heavy atom. The number of carbonyl (C=O) groups is 2. The number of hydrogen-bond donors (Lipinski definition) is 2. The van der Waals surface area contributed by atoms with Crippen molar-refractivity contribution in [3.05, 3.63) is 124 Å². The van der Waals surface area contributed by atoms with Crippen molar-refractivity contribution in [2.75, 3.05) is 11.4 Å². The summed E-state index contributed by atoms with van der Waals surface area (Å²) in [5, 5.41) is 12.2. The van der Waals surface area contributed by atoms with Gasteiger partial charge in [-0.3, -0.25) is 4.79 Å². The fourth-order valence-corrected chi connectivity index (χ4v) is 5.19. The Morgan fingerprint density at radius 2 is 1.67 bits per heavy atom. The number of amides is 1. The number of halogens is 2. The second-order valence-electron chi connectivity index (χ2n) is 9.75. The maximum absolute atomic E-state index is 14.1. The lowest BCUT2D eigenvalue weighted by Crippen LogP contribution is -2.30. The average Bonchev–Trinajstić information content (AvgIpc) is 2.93. The van der Waals surface area contributed by atoms with Gasteiger partial charge in [0.15, 0.2) is 0 Å². The topological polar surface area (TPSA) is 69.6 Å². The van der Waals surface area contributed by atoms with Crippen LogP contribution in [0, 0.1) is 11.6 Å². The molecular formula is C32H28F2N2O3. The predicted molar refractivity (Wildman–Crippen MR) is 147 cm³/mol. The van der Waals surface area contributed by atoms with Crippen LogP contribution in [0.1, 0.15) is 56.8 Å². The van der Waals surface area contributed by atoms with Gasteiger partial charge in [0.05, 0.1) is 11.6 Å². The van der Waals surface area contributed by atoms with Crippen molar-refractivity contribution < 1.29 is 23.5 Å². The van der Waals surface area contributed by atoms with Crippen LogP contribution in [0.5, 0.6) is 0 Å². The molecule has 1 aliphatic heterocycles. The molecule has 0 saturated carbocycles. The van der Waals surface area contributed by atoms with Crippen molar-refractivity contribution in [2.24, 2.45) is 0 Å². The summed E-state index contributed by atoms with van der Waals surface area (Å²) in [7, 11) is 0. The molecule has 0 fully saturated rings. The van der Waals surface area contributed by atoms with Gasteiger partial charge in [-0.25, -0.2) is 13.6 Å². The zero-order valence-corrected chi connectivity index (χ0v) is 21.5. The summed E-state index contributed by atoms with van der Waals surface area (Å²) in [5.41, 5.74) is 5.25. The summed E-state index contributed by atoms with van der Waals surface area (Å²) >= 11 is 0. The number of nitrogens with zero attached hydrogens (tertiary/aromatic N) is 1. The number of aryl methyl sites for hydroxylation is 1. The fourth-order valence-electron chi connectivity index (χ4n) is 5.19. The number of nitrogens with one attached hydrogen (secondary N) is 1. The average molecular weight is 527 g/mol. The van der Waals surface area contributed by atoms with Crippen LogP contribution < -0.4 is 10.2 Å². The van der Waals surface area contributed by atoms with Gasteiger partial charge in [0.25, 0.3) is 5.91 Å². The van der Waals surface area contributed by atoms with Gasteiger partial charge >= 0.3 is 5.97 Å². The lowest BCUT2D eigenvalue weighted by Gasteiger charge is -2.32. The van der Waals surface area contributed by atoms with Gasteiger partial charge < -0.3 is 15.3 Å². The van der Waals surface area contributed by atoms with E-state index in [0.29, 0.717) is 17.7 Å². The molecule has 1 unspecified atom stereocenters. The maximum Gasteiger partial charge on any atom is 0.336 e. The van der Waals surface area contributed by atoms with Crippen LogP contribution in [-0.4, -0.2) is 23.5 Å². The highest BCUT2D eigenvalue weighted by atomic mass is 19.1. The van der Waals surface area contributed by atoms with Crippen LogP contribution in [0.15, 0.2) is 84.9 Å². The molecule has 0 aliphatic carbocycles. The van der Waals surface area contributed by atoms with Crippen molar-refractivity contribution in [1.82, 2.24) is 5.32 Å². The molecule has 0 saturated heterocycles. The Labute approximate surface area is 225 Å². The van der Waals surface area contributed by atoms with Crippen molar-refractivity contribution in [1.29, 1.82) is 0 Å². The number of fused-ring (bicyclic) bond motifs is 1. The van der Waals surface area contributed by atoms with Gasteiger partial charge in [0.1, 0.15) is 11.6 Å². The normalized spacial score (nSPS) is 13.5. The van der Waals surface area contributed by atoms with Crippen molar-refractivity contribution in [3.63, 3.8) is 0 Å². The van der Waals surface area contributed by atoms with Gasteiger partial charge in [-0.15, -0.1) is 0 Å². The molecule has 4 aromatic rings. The summed E-state index contributed by atoms with van der Waals surface area (Å²) in [4.78, 5) is 26.8. The van der Waals surface area contributed by atoms with E-state index in [9.17, 15) is 23.5 Å². The highest BCUT2D eigenvalue weighted by Gasteiger charge is 2.22. The predicted octanol–water partition coefficient (Wildman–Crippen LogP) is 6.77. The summed E-state index contributed by atoms with van der Waals surface area (Å²) in [6.07, 6.45) is 1.76. The van der Waals surface area contributed by atoms with Crippen LogP contribution in [-0.2, 0) is 13.0 Å². The second kappa shape index (κ2) is 11.1. The first-order valence-electron chi connectivity index (χ1n) is 12.9. The van der Waals surface area contributed by atoms with E-state index in [1.807, 2.05) is 42.5 Å². The Hall–Kier alpha value is -4.52. The molecule has 1 atom stereocenters. The zero-order chi connectivity index (χ0) is 27.5. The van der Waals surface area contributed by atoms with E-state index in [4.69, 9.17) is 0 Å². The van der Waals surface area contributed by atoms with Gasteiger partial charge in [-0.05, 0) is 78.4 Å². The van der Waals surface area contributed by atoms with Crippen LogP contribution >= 0.6 is 0 Å². The van der Waals surface area contributed by atoms with Gasteiger partial charge in [-0.1, -0.05) is 48.5 Å². The molecule has 198 valence electrons. The third-order valence-corrected chi connectivity index (χ3v) is 7.13. The Kier molecular flexibility index (Phi) is 7.41. The molecule has 7 heteroatoms. The quantitative estimate of drug-likeness (QED) is 0.279. The van der Waals surface area contributed by atoms with Crippen molar-refractivity contribution >= 4 is 17.6 Å². The zero-order valence-electron chi connectivity index (χ0n) is 21.5. The third kappa shape index (κ3) is 5.53. The summed E-state index contributed by atoms with van der Waals surface area (Å²) in [6.45, 7) is 3.10. The summed E-state index contributed by atoms with van der Waals surface area (Å²) in [5.74, 6) is -2.73. The molecule has 5 nitrogen and oxygen atoms in total. The molecule has 1 heterocycles.